The normalized spacial score (nSPS) is 34.4. The fraction of sp³-hybridized carbons (Fsp3) is 0.650. The van der Waals surface area contributed by atoms with E-state index in [4.69, 9.17) is 0 Å². The molecule has 1 aromatic carbocycles. The van der Waals surface area contributed by atoms with E-state index in [-0.39, 0.29) is 5.91 Å². The molecule has 0 heterocycles. The smallest absolute Gasteiger partial charge is 0.224 e. The summed E-state index contributed by atoms with van der Waals surface area (Å²) in [4.78, 5) is 14.7. The lowest BCUT2D eigenvalue weighted by Gasteiger charge is -2.56. The minimum Gasteiger partial charge on any atom is -0.378 e. The van der Waals surface area contributed by atoms with Crippen molar-refractivity contribution in [1.82, 2.24) is 0 Å². The maximum Gasteiger partial charge on any atom is 0.224 e. The van der Waals surface area contributed by atoms with E-state index in [0.717, 1.165) is 35.5 Å². The van der Waals surface area contributed by atoms with E-state index < -0.39 is 0 Å². The third-order valence-electron chi connectivity index (χ3n) is 6.37. The Balaban J connectivity index is 1.40. The summed E-state index contributed by atoms with van der Waals surface area (Å²) < 4.78 is 0. The zero-order chi connectivity index (χ0) is 16.0. The molecule has 0 radical (unpaired) electrons. The maximum atomic E-state index is 12.6. The quantitative estimate of drug-likeness (QED) is 0.899. The number of amides is 1. The van der Waals surface area contributed by atoms with Crippen LogP contribution in [0.2, 0.25) is 0 Å². The van der Waals surface area contributed by atoms with Gasteiger partial charge in [0.1, 0.15) is 0 Å². The van der Waals surface area contributed by atoms with Crippen molar-refractivity contribution in [2.24, 2.45) is 23.2 Å². The van der Waals surface area contributed by atoms with Crippen molar-refractivity contribution in [2.45, 2.75) is 44.9 Å². The van der Waals surface area contributed by atoms with Crippen molar-refractivity contribution >= 4 is 17.3 Å². The second-order valence-electron chi connectivity index (χ2n) is 8.58. The predicted molar refractivity (Wildman–Crippen MR) is 94.6 cm³/mol. The van der Waals surface area contributed by atoms with Crippen molar-refractivity contribution in [3.63, 3.8) is 0 Å². The number of hydrogen-bond acceptors (Lipinski definition) is 2. The number of benzene rings is 1. The molecule has 0 spiro atoms. The first-order valence-corrected chi connectivity index (χ1v) is 9.09. The molecule has 23 heavy (non-hydrogen) atoms. The van der Waals surface area contributed by atoms with Gasteiger partial charge in [-0.25, -0.2) is 0 Å². The van der Waals surface area contributed by atoms with E-state index in [1.54, 1.807) is 0 Å². The zero-order valence-corrected chi connectivity index (χ0v) is 14.3. The number of carbonyl (C=O) groups is 1. The van der Waals surface area contributed by atoms with Gasteiger partial charge in [-0.2, -0.15) is 0 Å². The van der Waals surface area contributed by atoms with E-state index in [1.165, 1.54) is 38.5 Å². The molecule has 124 valence electrons. The van der Waals surface area contributed by atoms with Crippen molar-refractivity contribution in [3.05, 3.63) is 24.3 Å². The van der Waals surface area contributed by atoms with Gasteiger partial charge in [0.15, 0.2) is 0 Å². The largest absolute Gasteiger partial charge is 0.378 e. The lowest BCUT2D eigenvalue weighted by molar-refractivity contribution is -0.124. The van der Waals surface area contributed by atoms with Crippen LogP contribution in [-0.4, -0.2) is 20.0 Å². The first-order valence-electron chi connectivity index (χ1n) is 9.09. The summed E-state index contributed by atoms with van der Waals surface area (Å²) in [7, 11) is 4.06. The van der Waals surface area contributed by atoms with Gasteiger partial charge in [-0.1, -0.05) is 0 Å². The van der Waals surface area contributed by atoms with E-state index in [2.05, 4.69) is 22.3 Å². The minimum absolute atomic E-state index is 0.213. The van der Waals surface area contributed by atoms with Gasteiger partial charge in [0.05, 0.1) is 0 Å². The molecule has 0 unspecified atom stereocenters. The van der Waals surface area contributed by atoms with Crippen LogP contribution in [0.25, 0.3) is 0 Å². The number of hydrogen-bond donors (Lipinski definition) is 1. The summed E-state index contributed by atoms with van der Waals surface area (Å²) in [6.07, 6.45) is 8.93. The summed E-state index contributed by atoms with van der Waals surface area (Å²) in [6, 6.07) is 8.13. The fourth-order valence-electron chi connectivity index (χ4n) is 5.90. The highest BCUT2D eigenvalue weighted by Crippen LogP contribution is 2.61. The van der Waals surface area contributed by atoms with Crippen molar-refractivity contribution in [3.8, 4) is 0 Å². The van der Waals surface area contributed by atoms with E-state index >= 15 is 0 Å². The molecule has 3 heteroatoms. The molecule has 4 fully saturated rings. The Morgan fingerprint density at radius 1 is 1.04 bits per heavy atom. The second kappa shape index (κ2) is 5.54. The molecule has 4 aliphatic rings. The van der Waals surface area contributed by atoms with Gasteiger partial charge < -0.3 is 10.2 Å². The molecule has 1 amide bonds. The van der Waals surface area contributed by atoms with Crippen LogP contribution in [-0.2, 0) is 4.79 Å². The molecule has 1 aromatic rings. The molecule has 4 aliphatic carbocycles. The highest BCUT2D eigenvalue weighted by Gasteiger charge is 2.51. The number of anilines is 2. The van der Waals surface area contributed by atoms with Gasteiger partial charge in [0, 0.05) is 31.9 Å². The Kier molecular flexibility index (Phi) is 3.62. The lowest BCUT2D eigenvalue weighted by atomic mass is 9.49. The maximum absolute atomic E-state index is 12.6. The minimum atomic E-state index is 0.213. The van der Waals surface area contributed by atoms with E-state index in [1.807, 2.05) is 26.2 Å². The number of nitrogens with zero attached hydrogens (tertiary/aromatic N) is 1. The predicted octanol–water partition coefficient (Wildman–Crippen LogP) is 4.30. The Morgan fingerprint density at radius 3 is 2.04 bits per heavy atom. The molecule has 0 aliphatic heterocycles. The van der Waals surface area contributed by atoms with Gasteiger partial charge in [-0.05, 0) is 86.0 Å². The molecule has 0 aromatic heterocycles. The van der Waals surface area contributed by atoms with Crippen LogP contribution < -0.4 is 10.2 Å². The van der Waals surface area contributed by atoms with E-state index in [0.29, 0.717) is 5.41 Å². The molecule has 3 nitrogen and oxygen atoms in total. The molecule has 0 atom stereocenters. The summed E-state index contributed by atoms with van der Waals surface area (Å²) in [6.45, 7) is 0. The van der Waals surface area contributed by atoms with Crippen LogP contribution in [0, 0.1) is 23.2 Å². The van der Waals surface area contributed by atoms with Crippen molar-refractivity contribution < 1.29 is 4.79 Å². The number of rotatable bonds is 4. The first kappa shape index (κ1) is 15.0. The van der Waals surface area contributed by atoms with Crippen LogP contribution in [0.1, 0.15) is 44.9 Å². The van der Waals surface area contributed by atoms with Gasteiger partial charge >= 0.3 is 0 Å². The van der Waals surface area contributed by atoms with Crippen molar-refractivity contribution in [1.29, 1.82) is 0 Å². The Morgan fingerprint density at radius 2 is 1.57 bits per heavy atom. The molecule has 4 saturated carbocycles. The zero-order valence-electron chi connectivity index (χ0n) is 14.3. The van der Waals surface area contributed by atoms with Gasteiger partial charge in [-0.15, -0.1) is 0 Å². The van der Waals surface area contributed by atoms with Gasteiger partial charge in [0.2, 0.25) is 5.91 Å². The van der Waals surface area contributed by atoms with Crippen LogP contribution >= 0.6 is 0 Å². The topological polar surface area (TPSA) is 32.3 Å². The number of carbonyl (C=O) groups excluding carboxylic acids is 1. The molecular formula is C20H28N2O. The molecule has 0 saturated heterocycles. The summed E-state index contributed by atoms with van der Waals surface area (Å²) in [5.74, 6) is 2.94. The van der Waals surface area contributed by atoms with Crippen LogP contribution in [0.4, 0.5) is 11.4 Å². The Labute approximate surface area is 139 Å². The summed E-state index contributed by atoms with van der Waals surface area (Å²) in [5.41, 5.74) is 2.40. The average molecular weight is 312 g/mol. The molecule has 5 rings (SSSR count). The summed E-state index contributed by atoms with van der Waals surface area (Å²) in [5, 5.41) is 3.13. The first-order chi connectivity index (χ1) is 11.0. The monoisotopic (exact) mass is 312 g/mol. The van der Waals surface area contributed by atoms with Gasteiger partial charge in [-0.3, -0.25) is 4.79 Å². The van der Waals surface area contributed by atoms with Gasteiger partial charge in [0.25, 0.3) is 0 Å². The van der Waals surface area contributed by atoms with Crippen LogP contribution in [0.15, 0.2) is 24.3 Å². The molecule has 1 N–H and O–H groups in total. The van der Waals surface area contributed by atoms with Crippen molar-refractivity contribution in [2.75, 3.05) is 24.3 Å². The fourth-order valence-corrected chi connectivity index (χ4v) is 5.90. The standard InChI is InChI=1S/C20H28N2O/c1-22(2)18-5-3-17(4-6-18)21-19(23)13-20-10-14-7-15(11-20)9-16(8-14)12-20/h3-6,14-16H,7-13H2,1-2H3,(H,21,23). The molecule has 4 bridgehead atoms. The third kappa shape index (κ3) is 2.98. The Bertz CT molecular complexity index is 555. The summed E-state index contributed by atoms with van der Waals surface area (Å²) >= 11 is 0. The Hall–Kier alpha value is -1.51. The third-order valence-corrected chi connectivity index (χ3v) is 6.37. The lowest BCUT2D eigenvalue weighted by Crippen LogP contribution is -2.47. The number of nitrogens with one attached hydrogen (secondary N) is 1. The van der Waals surface area contributed by atoms with Crippen LogP contribution in [0.5, 0.6) is 0 Å². The second-order valence-corrected chi connectivity index (χ2v) is 8.58. The van der Waals surface area contributed by atoms with E-state index in [9.17, 15) is 4.79 Å². The van der Waals surface area contributed by atoms with Crippen LogP contribution in [0.3, 0.4) is 0 Å². The highest BCUT2D eigenvalue weighted by molar-refractivity contribution is 5.91. The highest BCUT2D eigenvalue weighted by atomic mass is 16.1. The SMILES string of the molecule is CN(C)c1ccc(NC(=O)CC23CC4CC(CC(C4)C2)C3)cc1. The molecular weight excluding hydrogens is 284 g/mol. The average Bonchev–Trinajstić information content (AvgIpc) is 2.45.